The Morgan fingerprint density at radius 2 is 1.89 bits per heavy atom. The van der Waals surface area contributed by atoms with Gasteiger partial charge in [-0.2, -0.15) is 0 Å². The maximum Gasteiger partial charge on any atom is 0.193 e. The van der Waals surface area contributed by atoms with Crippen LogP contribution in [0.25, 0.3) is 0 Å². The highest BCUT2D eigenvalue weighted by atomic mass is 19.1. The van der Waals surface area contributed by atoms with Gasteiger partial charge in [0, 0.05) is 11.1 Å². The van der Waals surface area contributed by atoms with Crippen molar-refractivity contribution >= 4 is 11.5 Å². The Morgan fingerprint density at radius 3 is 2.56 bits per heavy atom. The third-order valence-electron chi connectivity index (χ3n) is 2.59. The molecule has 92 valence electrons. The highest BCUT2D eigenvalue weighted by Crippen LogP contribution is 2.18. The average Bonchev–Trinajstić information content (AvgIpc) is 2.41. The first-order valence-electron chi connectivity index (χ1n) is 5.35. The number of carbonyl (C=O) groups is 1. The van der Waals surface area contributed by atoms with Crippen molar-refractivity contribution in [2.45, 2.75) is 0 Å². The molecular weight excluding hydrogens is 233 g/mol. The molecule has 0 unspecified atom stereocenters. The zero-order valence-electron chi connectivity index (χ0n) is 9.81. The number of methoxy groups -OCH3 is 1. The summed E-state index contributed by atoms with van der Waals surface area (Å²) in [5.41, 5.74) is 6.09. The van der Waals surface area contributed by atoms with E-state index in [-0.39, 0.29) is 17.0 Å². The molecule has 0 aromatic heterocycles. The third kappa shape index (κ3) is 2.32. The lowest BCUT2D eigenvalue weighted by atomic mass is 10.0. The fourth-order valence-electron chi connectivity index (χ4n) is 1.60. The van der Waals surface area contributed by atoms with Crippen LogP contribution in [0, 0.1) is 5.82 Å². The number of hydrogen-bond donors (Lipinski definition) is 1. The normalized spacial score (nSPS) is 10.1. The van der Waals surface area contributed by atoms with Crippen LogP contribution in [0.15, 0.2) is 42.5 Å². The molecule has 0 heterocycles. The molecule has 0 bridgehead atoms. The number of nitrogens with two attached hydrogens (primary N) is 1. The molecule has 18 heavy (non-hydrogen) atoms. The lowest BCUT2D eigenvalue weighted by molar-refractivity contribution is 0.103. The van der Waals surface area contributed by atoms with Crippen LogP contribution in [0.1, 0.15) is 15.9 Å². The van der Waals surface area contributed by atoms with Gasteiger partial charge in [-0.25, -0.2) is 4.39 Å². The van der Waals surface area contributed by atoms with E-state index in [0.717, 1.165) is 6.07 Å². The third-order valence-corrected chi connectivity index (χ3v) is 2.59. The number of benzene rings is 2. The van der Waals surface area contributed by atoms with Gasteiger partial charge in [-0.05, 0) is 30.3 Å². The Kier molecular flexibility index (Phi) is 3.28. The summed E-state index contributed by atoms with van der Waals surface area (Å²) in [5.74, 6) is -0.284. The Balaban J connectivity index is 2.38. The van der Waals surface area contributed by atoms with Crippen LogP contribution in [0.2, 0.25) is 0 Å². The standard InChI is InChI=1S/C14H12FNO2/c1-18-11-4-2-3-9(7-11)14(17)10-5-6-13(16)12(15)8-10/h2-8H,16H2,1H3. The maximum absolute atomic E-state index is 13.3. The summed E-state index contributed by atoms with van der Waals surface area (Å²) in [4.78, 5) is 12.1. The Hall–Kier alpha value is -2.36. The Labute approximate surface area is 104 Å². The average molecular weight is 245 g/mol. The van der Waals surface area contributed by atoms with Gasteiger partial charge in [-0.1, -0.05) is 12.1 Å². The fourth-order valence-corrected chi connectivity index (χ4v) is 1.60. The summed E-state index contributed by atoms with van der Waals surface area (Å²) in [7, 11) is 1.52. The predicted molar refractivity (Wildman–Crippen MR) is 67.2 cm³/mol. The topological polar surface area (TPSA) is 52.3 Å². The first-order valence-corrected chi connectivity index (χ1v) is 5.35. The number of halogens is 1. The van der Waals surface area contributed by atoms with Crippen LogP contribution < -0.4 is 10.5 Å². The van der Waals surface area contributed by atoms with E-state index < -0.39 is 5.82 Å². The van der Waals surface area contributed by atoms with Crippen molar-refractivity contribution in [1.29, 1.82) is 0 Å². The SMILES string of the molecule is COc1cccc(C(=O)c2ccc(N)c(F)c2)c1. The molecule has 2 aromatic rings. The number of ketones is 1. The second kappa shape index (κ2) is 4.87. The van der Waals surface area contributed by atoms with Gasteiger partial charge in [0.15, 0.2) is 5.78 Å². The van der Waals surface area contributed by atoms with Crippen molar-refractivity contribution in [3.8, 4) is 5.75 Å². The van der Waals surface area contributed by atoms with Crippen molar-refractivity contribution in [3.63, 3.8) is 0 Å². The van der Waals surface area contributed by atoms with E-state index in [2.05, 4.69) is 0 Å². The summed E-state index contributed by atoms with van der Waals surface area (Å²) >= 11 is 0. The minimum absolute atomic E-state index is 0.0252. The minimum atomic E-state index is -0.594. The Morgan fingerprint density at radius 1 is 1.17 bits per heavy atom. The van der Waals surface area contributed by atoms with E-state index in [4.69, 9.17) is 10.5 Å². The monoisotopic (exact) mass is 245 g/mol. The van der Waals surface area contributed by atoms with Crippen molar-refractivity contribution in [3.05, 3.63) is 59.4 Å². The molecule has 2 aromatic carbocycles. The zero-order valence-corrected chi connectivity index (χ0v) is 9.81. The number of carbonyl (C=O) groups excluding carboxylic acids is 1. The summed E-state index contributed by atoms with van der Waals surface area (Å²) in [6.07, 6.45) is 0. The van der Waals surface area contributed by atoms with Crippen molar-refractivity contribution in [2.75, 3.05) is 12.8 Å². The van der Waals surface area contributed by atoms with Gasteiger partial charge in [0.2, 0.25) is 0 Å². The molecule has 3 nitrogen and oxygen atoms in total. The van der Waals surface area contributed by atoms with Gasteiger partial charge in [0.25, 0.3) is 0 Å². The molecule has 0 fully saturated rings. The quantitative estimate of drug-likeness (QED) is 0.668. The van der Waals surface area contributed by atoms with Crippen LogP contribution in [-0.4, -0.2) is 12.9 Å². The van der Waals surface area contributed by atoms with Gasteiger partial charge >= 0.3 is 0 Å². The van der Waals surface area contributed by atoms with E-state index in [9.17, 15) is 9.18 Å². The van der Waals surface area contributed by atoms with E-state index >= 15 is 0 Å². The molecule has 0 aliphatic carbocycles. The molecule has 0 radical (unpaired) electrons. The molecular formula is C14H12FNO2. The molecule has 0 saturated carbocycles. The maximum atomic E-state index is 13.3. The van der Waals surface area contributed by atoms with Gasteiger partial charge in [-0.15, -0.1) is 0 Å². The molecule has 0 spiro atoms. The van der Waals surface area contributed by atoms with Gasteiger partial charge < -0.3 is 10.5 Å². The largest absolute Gasteiger partial charge is 0.497 e. The molecule has 0 saturated heterocycles. The number of ether oxygens (including phenoxy) is 1. The van der Waals surface area contributed by atoms with Gasteiger partial charge in [-0.3, -0.25) is 4.79 Å². The number of nitrogen functional groups attached to an aromatic ring is 1. The lowest BCUT2D eigenvalue weighted by Crippen LogP contribution is -2.03. The first-order chi connectivity index (χ1) is 8.61. The highest BCUT2D eigenvalue weighted by Gasteiger charge is 2.11. The predicted octanol–water partition coefficient (Wildman–Crippen LogP) is 2.65. The molecule has 2 N–H and O–H groups in total. The zero-order chi connectivity index (χ0) is 13.1. The van der Waals surface area contributed by atoms with Crippen LogP contribution >= 0.6 is 0 Å². The van der Waals surface area contributed by atoms with Gasteiger partial charge in [0.05, 0.1) is 12.8 Å². The molecule has 0 atom stereocenters. The van der Waals surface area contributed by atoms with Crippen molar-refractivity contribution < 1.29 is 13.9 Å². The van der Waals surface area contributed by atoms with E-state index in [0.29, 0.717) is 11.3 Å². The molecule has 4 heteroatoms. The number of rotatable bonds is 3. The van der Waals surface area contributed by atoms with Crippen molar-refractivity contribution in [1.82, 2.24) is 0 Å². The molecule has 0 aliphatic rings. The second-order valence-corrected chi connectivity index (χ2v) is 3.80. The Bertz CT molecular complexity index is 596. The van der Waals surface area contributed by atoms with E-state index in [1.54, 1.807) is 24.3 Å². The van der Waals surface area contributed by atoms with Crippen LogP contribution in [0.5, 0.6) is 5.75 Å². The first kappa shape index (κ1) is 12.1. The van der Waals surface area contributed by atoms with Crippen molar-refractivity contribution in [2.24, 2.45) is 0 Å². The second-order valence-electron chi connectivity index (χ2n) is 3.80. The lowest BCUT2D eigenvalue weighted by Gasteiger charge is -2.05. The highest BCUT2D eigenvalue weighted by molar-refractivity contribution is 6.09. The summed E-state index contributed by atoms with van der Waals surface area (Å²) < 4.78 is 18.3. The summed E-state index contributed by atoms with van der Waals surface area (Å²) in [6, 6.07) is 10.7. The number of hydrogen-bond acceptors (Lipinski definition) is 3. The van der Waals surface area contributed by atoms with Crippen LogP contribution in [0.3, 0.4) is 0 Å². The molecule has 2 rings (SSSR count). The molecule has 0 amide bonds. The van der Waals surface area contributed by atoms with E-state index in [1.807, 2.05) is 0 Å². The smallest absolute Gasteiger partial charge is 0.193 e. The molecule has 0 aliphatic heterocycles. The fraction of sp³-hybridized carbons (Fsp3) is 0.0714. The number of anilines is 1. The summed E-state index contributed by atoms with van der Waals surface area (Å²) in [5, 5.41) is 0. The summed E-state index contributed by atoms with van der Waals surface area (Å²) in [6.45, 7) is 0. The van der Waals surface area contributed by atoms with E-state index in [1.165, 1.54) is 19.2 Å². The van der Waals surface area contributed by atoms with Crippen LogP contribution in [0.4, 0.5) is 10.1 Å². The van der Waals surface area contributed by atoms with Gasteiger partial charge in [0.1, 0.15) is 11.6 Å². The van der Waals surface area contributed by atoms with Crippen LogP contribution in [-0.2, 0) is 0 Å². The minimum Gasteiger partial charge on any atom is -0.497 e.